The fraction of sp³-hybridized carbons (Fsp3) is 0.0417. The van der Waals surface area contributed by atoms with Crippen molar-refractivity contribution in [2.24, 2.45) is 5.14 Å². The van der Waals surface area contributed by atoms with Gasteiger partial charge in [-0.25, -0.2) is 23.5 Å². The molecule has 3 aromatic heterocycles. The van der Waals surface area contributed by atoms with Gasteiger partial charge in [-0.1, -0.05) is 48.5 Å². The fourth-order valence-corrected chi connectivity index (χ4v) is 4.95. The van der Waals surface area contributed by atoms with Crippen LogP contribution in [0.2, 0.25) is 0 Å². The third-order valence-corrected chi connectivity index (χ3v) is 6.93. The highest BCUT2D eigenvalue weighted by atomic mass is 32.2. The van der Waals surface area contributed by atoms with Gasteiger partial charge in [0.15, 0.2) is 5.82 Å². The number of hydrogen-bond donors (Lipinski definition) is 2. The van der Waals surface area contributed by atoms with Gasteiger partial charge >= 0.3 is 0 Å². The number of thiophene rings is 1. The minimum Gasteiger partial charge on any atom is -0.365 e. The Balaban J connectivity index is 1.56. The van der Waals surface area contributed by atoms with E-state index >= 15 is 0 Å². The van der Waals surface area contributed by atoms with Crippen LogP contribution in [0.1, 0.15) is 5.56 Å². The Morgan fingerprint density at radius 3 is 2.36 bits per heavy atom. The molecule has 0 saturated carbocycles. The summed E-state index contributed by atoms with van der Waals surface area (Å²) in [6, 6.07) is 22.2. The van der Waals surface area contributed by atoms with Crippen molar-refractivity contribution in [3.05, 3.63) is 89.9 Å². The smallest absolute Gasteiger partial charge is 0.238 e. The van der Waals surface area contributed by atoms with Crippen molar-refractivity contribution >= 4 is 37.4 Å². The average Bonchev–Trinajstić information content (AvgIpc) is 3.28. The minimum atomic E-state index is -3.73. The van der Waals surface area contributed by atoms with E-state index in [-0.39, 0.29) is 4.90 Å². The van der Waals surface area contributed by atoms with Crippen LogP contribution in [0.5, 0.6) is 0 Å². The third kappa shape index (κ3) is 4.47. The lowest BCUT2D eigenvalue weighted by Gasteiger charge is -2.11. The molecule has 2 aromatic carbocycles. The Morgan fingerprint density at radius 1 is 0.909 bits per heavy atom. The second-order valence-electron chi connectivity index (χ2n) is 7.35. The molecular formula is C24H19N5O2S2. The van der Waals surface area contributed by atoms with E-state index in [1.165, 1.54) is 12.1 Å². The van der Waals surface area contributed by atoms with Crippen LogP contribution < -0.4 is 10.5 Å². The number of rotatable bonds is 6. The van der Waals surface area contributed by atoms with Crippen molar-refractivity contribution < 1.29 is 8.42 Å². The molecule has 7 nitrogen and oxygen atoms in total. The molecule has 0 atom stereocenters. The molecule has 0 aliphatic carbocycles. The van der Waals surface area contributed by atoms with Crippen molar-refractivity contribution in [2.75, 3.05) is 5.32 Å². The molecule has 5 rings (SSSR count). The van der Waals surface area contributed by atoms with Crippen molar-refractivity contribution in [1.29, 1.82) is 0 Å². The molecule has 0 saturated heterocycles. The largest absolute Gasteiger partial charge is 0.365 e. The third-order valence-electron chi connectivity index (χ3n) is 5.12. The van der Waals surface area contributed by atoms with Crippen LogP contribution in [0.3, 0.4) is 0 Å². The predicted molar refractivity (Wildman–Crippen MR) is 131 cm³/mol. The lowest BCUT2D eigenvalue weighted by Crippen LogP contribution is -2.12. The number of sulfonamides is 1. The maximum absolute atomic E-state index is 11.5. The van der Waals surface area contributed by atoms with E-state index in [4.69, 9.17) is 15.1 Å². The average molecular weight is 474 g/mol. The summed E-state index contributed by atoms with van der Waals surface area (Å²) in [6.45, 7) is 0.447. The SMILES string of the molecule is NS(=O)(=O)c1ccc(CNc2nc(-c3ccccn3)nc3scc(-c4ccccc4)c23)cc1. The Kier molecular flexibility index (Phi) is 5.59. The Labute approximate surface area is 195 Å². The molecular weight excluding hydrogens is 454 g/mol. The molecule has 0 aliphatic heterocycles. The zero-order valence-electron chi connectivity index (χ0n) is 17.3. The highest BCUT2D eigenvalue weighted by molar-refractivity contribution is 7.89. The normalized spacial score (nSPS) is 11.5. The van der Waals surface area contributed by atoms with Crippen LogP contribution in [-0.4, -0.2) is 23.4 Å². The number of anilines is 1. The summed E-state index contributed by atoms with van der Waals surface area (Å²) in [6.07, 6.45) is 1.72. The van der Waals surface area contributed by atoms with Gasteiger partial charge < -0.3 is 5.32 Å². The van der Waals surface area contributed by atoms with Gasteiger partial charge in [0, 0.05) is 23.7 Å². The van der Waals surface area contributed by atoms with Crippen molar-refractivity contribution in [2.45, 2.75) is 11.4 Å². The van der Waals surface area contributed by atoms with Gasteiger partial charge in [-0.2, -0.15) is 0 Å². The second-order valence-corrected chi connectivity index (χ2v) is 9.77. The summed E-state index contributed by atoms with van der Waals surface area (Å²) in [5.74, 6) is 1.23. The van der Waals surface area contributed by atoms with E-state index < -0.39 is 10.0 Å². The second kappa shape index (κ2) is 8.70. The number of nitrogens with zero attached hydrogens (tertiary/aromatic N) is 3. The maximum atomic E-state index is 11.5. The summed E-state index contributed by atoms with van der Waals surface area (Å²) in [5, 5.41) is 11.6. The Bertz CT molecular complexity index is 1520. The quantitative estimate of drug-likeness (QED) is 0.370. The molecule has 0 spiro atoms. The summed E-state index contributed by atoms with van der Waals surface area (Å²) >= 11 is 1.56. The molecule has 3 heterocycles. The number of nitrogens with two attached hydrogens (primary N) is 1. The van der Waals surface area contributed by atoms with Gasteiger partial charge in [-0.15, -0.1) is 11.3 Å². The first-order chi connectivity index (χ1) is 16.0. The standard InChI is InChI=1S/C24H19N5O2S2/c25-33(30,31)18-11-9-16(10-12-18)14-27-23-21-19(17-6-2-1-3-7-17)15-32-24(21)29-22(28-23)20-8-4-5-13-26-20/h1-13,15H,14H2,(H2,25,30,31)(H,27,28,29). The zero-order chi connectivity index (χ0) is 22.8. The molecule has 0 radical (unpaired) electrons. The maximum Gasteiger partial charge on any atom is 0.238 e. The lowest BCUT2D eigenvalue weighted by molar-refractivity contribution is 0.598. The van der Waals surface area contributed by atoms with Crippen LogP contribution >= 0.6 is 11.3 Å². The summed E-state index contributed by atoms with van der Waals surface area (Å²) in [7, 11) is -3.73. The van der Waals surface area contributed by atoms with Crippen LogP contribution in [-0.2, 0) is 16.6 Å². The van der Waals surface area contributed by atoms with E-state index in [0.29, 0.717) is 23.9 Å². The van der Waals surface area contributed by atoms with Crippen molar-refractivity contribution in [3.63, 3.8) is 0 Å². The number of pyridine rings is 1. The van der Waals surface area contributed by atoms with E-state index in [1.54, 1.807) is 29.7 Å². The van der Waals surface area contributed by atoms with Crippen LogP contribution in [0.15, 0.2) is 89.3 Å². The first kappa shape index (κ1) is 21.2. The molecule has 0 unspecified atom stereocenters. The molecule has 0 aliphatic rings. The molecule has 3 N–H and O–H groups in total. The van der Waals surface area contributed by atoms with Gasteiger partial charge in [-0.3, -0.25) is 4.98 Å². The minimum absolute atomic E-state index is 0.0808. The molecule has 0 bridgehead atoms. The van der Waals surface area contributed by atoms with E-state index in [2.05, 4.69) is 27.8 Å². The van der Waals surface area contributed by atoms with Crippen molar-refractivity contribution in [1.82, 2.24) is 15.0 Å². The molecule has 5 aromatic rings. The number of nitrogens with one attached hydrogen (secondary N) is 1. The monoisotopic (exact) mass is 473 g/mol. The van der Waals surface area contributed by atoms with Crippen molar-refractivity contribution in [3.8, 4) is 22.6 Å². The topological polar surface area (TPSA) is 111 Å². The van der Waals surface area contributed by atoms with Crippen LogP contribution in [0.4, 0.5) is 5.82 Å². The first-order valence-electron chi connectivity index (χ1n) is 10.1. The Hall–Kier alpha value is -3.66. The summed E-state index contributed by atoms with van der Waals surface area (Å²) < 4.78 is 23.1. The summed E-state index contributed by atoms with van der Waals surface area (Å²) in [4.78, 5) is 14.9. The summed E-state index contributed by atoms with van der Waals surface area (Å²) in [5.41, 5.74) is 3.72. The number of aromatic nitrogens is 3. The molecule has 0 amide bonds. The van der Waals surface area contributed by atoms with Gasteiger partial charge in [0.2, 0.25) is 10.0 Å². The van der Waals surface area contributed by atoms with Gasteiger partial charge in [-0.05, 0) is 35.4 Å². The van der Waals surface area contributed by atoms with Crippen LogP contribution in [0.25, 0.3) is 32.9 Å². The molecule has 0 fully saturated rings. The Morgan fingerprint density at radius 2 is 1.67 bits per heavy atom. The molecule has 9 heteroatoms. The van der Waals surface area contributed by atoms with Crippen LogP contribution in [0, 0.1) is 0 Å². The van der Waals surface area contributed by atoms with Gasteiger partial charge in [0.25, 0.3) is 0 Å². The molecule has 33 heavy (non-hydrogen) atoms. The van der Waals surface area contributed by atoms with Gasteiger partial charge in [0.05, 0.1) is 10.3 Å². The number of hydrogen-bond acceptors (Lipinski definition) is 7. The number of benzene rings is 2. The highest BCUT2D eigenvalue weighted by Crippen LogP contribution is 2.38. The lowest BCUT2D eigenvalue weighted by atomic mass is 10.1. The van der Waals surface area contributed by atoms with Gasteiger partial charge in [0.1, 0.15) is 16.3 Å². The number of fused-ring (bicyclic) bond motifs is 1. The first-order valence-corrected chi connectivity index (χ1v) is 12.5. The number of primary sulfonamides is 1. The van der Waals surface area contributed by atoms with E-state index in [9.17, 15) is 8.42 Å². The zero-order valence-corrected chi connectivity index (χ0v) is 19.0. The highest BCUT2D eigenvalue weighted by Gasteiger charge is 2.17. The predicted octanol–water partition coefficient (Wildman–Crippen LogP) is 4.68. The van der Waals surface area contributed by atoms with E-state index in [0.717, 1.165) is 26.9 Å². The molecule has 164 valence electrons. The fourth-order valence-electron chi connectivity index (χ4n) is 3.49. The van der Waals surface area contributed by atoms with E-state index in [1.807, 2.05) is 36.4 Å².